The van der Waals surface area contributed by atoms with E-state index in [1.165, 1.54) is 16.4 Å². The van der Waals surface area contributed by atoms with Gasteiger partial charge in [0.25, 0.3) is 5.91 Å². The Labute approximate surface area is 198 Å². The maximum atomic E-state index is 13.1. The predicted octanol–water partition coefficient (Wildman–Crippen LogP) is 2.69. The highest BCUT2D eigenvalue weighted by Gasteiger charge is 2.30. The zero-order valence-electron chi connectivity index (χ0n) is 18.7. The number of hydrogen-bond acceptors (Lipinski definition) is 6. The average molecular weight is 486 g/mol. The van der Waals surface area contributed by atoms with Gasteiger partial charge >= 0.3 is 0 Å². The fourth-order valence-electron chi connectivity index (χ4n) is 4.61. The molecular formula is C24H27N3O6S. The average Bonchev–Trinajstić information content (AvgIpc) is 3.56. The second-order valence-corrected chi connectivity index (χ2v) is 10.7. The van der Waals surface area contributed by atoms with Crippen LogP contribution in [-0.2, 0) is 14.8 Å². The third-order valence-electron chi connectivity index (χ3n) is 6.58. The molecule has 0 aliphatic carbocycles. The summed E-state index contributed by atoms with van der Waals surface area (Å²) in [7, 11) is -3.59. The summed E-state index contributed by atoms with van der Waals surface area (Å²) in [5.41, 5.74) is 0.993. The van der Waals surface area contributed by atoms with E-state index in [4.69, 9.17) is 9.47 Å². The van der Waals surface area contributed by atoms with E-state index in [2.05, 4.69) is 5.32 Å². The SMILES string of the molecule is O=C(Nc1ccc2c(c1)OCO2)C1CCN(C(=O)c2cccc(S(=O)(=O)N3CCCC3)c2)CC1. The highest BCUT2D eigenvalue weighted by atomic mass is 32.2. The van der Waals surface area contributed by atoms with E-state index in [-0.39, 0.29) is 29.4 Å². The number of carbonyl (C=O) groups is 2. The fraction of sp³-hybridized carbons (Fsp3) is 0.417. The van der Waals surface area contributed by atoms with Crippen molar-refractivity contribution in [3.8, 4) is 11.5 Å². The highest BCUT2D eigenvalue weighted by molar-refractivity contribution is 7.89. The van der Waals surface area contributed by atoms with Crippen LogP contribution in [0.1, 0.15) is 36.0 Å². The van der Waals surface area contributed by atoms with Crippen LogP contribution in [0.3, 0.4) is 0 Å². The molecule has 3 aliphatic heterocycles. The van der Waals surface area contributed by atoms with Crippen molar-refractivity contribution in [3.63, 3.8) is 0 Å². The lowest BCUT2D eigenvalue weighted by atomic mass is 9.95. The van der Waals surface area contributed by atoms with Gasteiger partial charge in [-0.05, 0) is 56.0 Å². The van der Waals surface area contributed by atoms with Crippen LogP contribution in [-0.4, -0.2) is 62.4 Å². The van der Waals surface area contributed by atoms with Gasteiger partial charge in [0.05, 0.1) is 4.90 Å². The van der Waals surface area contributed by atoms with Crippen molar-refractivity contribution in [3.05, 3.63) is 48.0 Å². The molecule has 180 valence electrons. The maximum Gasteiger partial charge on any atom is 0.253 e. The molecule has 2 saturated heterocycles. The first-order valence-corrected chi connectivity index (χ1v) is 13.0. The quantitative estimate of drug-likeness (QED) is 0.698. The van der Waals surface area contributed by atoms with Crippen LogP contribution in [0, 0.1) is 5.92 Å². The number of hydrogen-bond donors (Lipinski definition) is 1. The van der Waals surface area contributed by atoms with Crippen LogP contribution in [0.2, 0.25) is 0 Å². The molecule has 0 saturated carbocycles. The van der Waals surface area contributed by atoms with Crippen molar-refractivity contribution in [2.45, 2.75) is 30.6 Å². The highest BCUT2D eigenvalue weighted by Crippen LogP contribution is 2.34. The van der Waals surface area contributed by atoms with E-state index < -0.39 is 10.0 Å². The molecule has 3 heterocycles. The zero-order valence-corrected chi connectivity index (χ0v) is 19.6. The van der Waals surface area contributed by atoms with Gasteiger partial charge in [-0.25, -0.2) is 8.42 Å². The van der Waals surface area contributed by atoms with Crippen molar-refractivity contribution in [2.75, 3.05) is 38.3 Å². The number of amides is 2. The van der Waals surface area contributed by atoms with Crippen molar-refractivity contribution >= 4 is 27.5 Å². The Morgan fingerprint density at radius 3 is 2.41 bits per heavy atom. The maximum absolute atomic E-state index is 13.1. The summed E-state index contributed by atoms with van der Waals surface area (Å²) in [6.07, 6.45) is 2.78. The number of nitrogens with zero attached hydrogens (tertiary/aromatic N) is 2. The molecule has 10 heteroatoms. The lowest BCUT2D eigenvalue weighted by Crippen LogP contribution is -2.41. The van der Waals surface area contributed by atoms with Crippen LogP contribution >= 0.6 is 0 Å². The molecule has 34 heavy (non-hydrogen) atoms. The smallest absolute Gasteiger partial charge is 0.253 e. The van der Waals surface area contributed by atoms with Gasteiger partial charge in [-0.3, -0.25) is 9.59 Å². The molecule has 2 aromatic carbocycles. The molecule has 0 unspecified atom stereocenters. The van der Waals surface area contributed by atoms with Gasteiger partial charge in [-0.15, -0.1) is 0 Å². The molecule has 9 nitrogen and oxygen atoms in total. The van der Waals surface area contributed by atoms with Gasteiger partial charge in [0, 0.05) is 49.4 Å². The number of anilines is 1. The monoisotopic (exact) mass is 485 g/mol. The summed E-state index contributed by atoms with van der Waals surface area (Å²) in [5.74, 6) is 0.739. The molecule has 2 amide bonds. The van der Waals surface area contributed by atoms with Gasteiger partial charge in [0.2, 0.25) is 22.7 Å². The molecule has 0 radical (unpaired) electrons. The molecule has 0 bridgehead atoms. The molecule has 0 atom stereocenters. The van der Waals surface area contributed by atoms with E-state index in [0.717, 1.165) is 12.8 Å². The largest absolute Gasteiger partial charge is 0.454 e. The minimum Gasteiger partial charge on any atom is -0.454 e. The van der Waals surface area contributed by atoms with Crippen LogP contribution in [0.4, 0.5) is 5.69 Å². The summed E-state index contributed by atoms with van der Waals surface area (Å²) in [6.45, 7) is 2.07. The van der Waals surface area contributed by atoms with Crippen molar-refractivity contribution in [2.24, 2.45) is 5.92 Å². The first kappa shape index (κ1) is 22.7. The molecule has 2 aromatic rings. The molecular weight excluding hydrogens is 458 g/mol. The molecule has 0 spiro atoms. The van der Waals surface area contributed by atoms with Crippen molar-refractivity contribution in [1.82, 2.24) is 9.21 Å². The predicted molar refractivity (Wildman–Crippen MR) is 124 cm³/mol. The van der Waals surface area contributed by atoms with Crippen LogP contribution < -0.4 is 14.8 Å². The van der Waals surface area contributed by atoms with Crippen molar-refractivity contribution in [1.29, 1.82) is 0 Å². The van der Waals surface area contributed by atoms with Gasteiger partial charge in [-0.1, -0.05) is 6.07 Å². The van der Waals surface area contributed by atoms with Crippen LogP contribution in [0.5, 0.6) is 11.5 Å². The molecule has 2 fully saturated rings. The summed E-state index contributed by atoms with van der Waals surface area (Å²) in [5, 5.41) is 2.92. The standard InChI is InChI=1S/C24H27N3O6S/c28-23(25-19-6-7-21-22(15-19)33-16-32-21)17-8-12-26(13-9-17)24(29)18-4-3-5-20(14-18)34(30,31)27-10-1-2-11-27/h3-7,14-15,17H,1-2,8-13,16H2,(H,25,28). The normalized spacial score (nSPS) is 18.8. The number of rotatable bonds is 5. The Hall–Kier alpha value is -3.11. The van der Waals surface area contributed by atoms with E-state index in [9.17, 15) is 18.0 Å². The number of likely N-dealkylation sites (tertiary alicyclic amines) is 1. The number of nitrogens with one attached hydrogen (secondary N) is 1. The molecule has 0 aromatic heterocycles. The molecule has 1 N–H and O–H groups in total. The van der Waals surface area contributed by atoms with Crippen LogP contribution in [0.15, 0.2) is 47.4 Å². The number of piperidine rings is 1. The van der Waals surface area contributed by atoms with Gasteiger partial charge < -0.3 is 19.7 Å². The lowest BCUT2D eigenvalue weighted by Gasteiger charge is -2.31. The minimum atomic E-state index is -3.59. The number of ether oxygens (including phenoxy) is 2. The minimum absolute atomic E-state index is 0.0929. The first-order chi connectivity index (χ1) is 16.4. The summed E-state index contributed by atoms with van der Waals surface area (Å²) in [4.78, 5) is 27.6. The molecule has 5 rings (SSSR count). The Bertz CT molecular complexity index is 1200. The first-order valence-electron chi connectivity index (χ1n) is 11.5. The Kier molecular flexibility index (Phi) is 6.18. The van der Waals surface area contributed by atoms with E-state index in [1.807, 2.05) is 0 Å². The fourth-order valence-corrected chi connectivity index (χ4v) is 6.18. The molecule has 3 aliphatic rings. The second kappa shape index (κ2) is 9.27. The van der Waals surface area contributed by atoms with Gasteiger partial charge in [0.1, 0.15) is 0 Å². The Morgan fingerprint density at radius 2 is 1.65 bits per heavy atom. The number of benzene rings is 2. The van der Waals surface area contributed by atoms with E-state index in [1.54, 1.807) is 35.2 Å². The van der Waals surface area contributed by atoms with E-state index >= 15 is 0 Å². The van der Waals surface area contributed by atoms with Crippen LogP contribution in [0.25, 0.3) is 0 Å². The Morgan fingerprint density at radius 1 is 0.912 bits per heavy atom. The lowest BCUT2D eigenvalue weighted by molar-refractivity contribution is -0.121. The number of sulfonamides is 1. The topological polar surface area (TPSA) is 105 Å². The third-order valence-corrected chi connectivity index (χ3v) is 8.47. The number of fused-ring (bicyclic) bond motifs is 1. The van der Waals surface area contributed by atoms with Gasteiger partial charge in [0.15, 0.2) is 11.5 Å². The number of carbonyl (C=O) groups excluding carboxylic acids is 2. The second-order valence-electron chi connectivity index (χ2n) is 8.76. The van der Waals surface area contributed by atoms with Gasteiger partial charge in [-0.2, -0.15) is 4.31 Å². The zero-order chi connectivity index (χ0) is 23.7. The summed E-state index contributed by atoms with van der Waals surface area (Å²) in [6, 6.07) is 11.5. The third kappa shape index (κ3) is 4.47. The van der Waals surface area contributed by atoms with E-state index in [0.29, 0.717) is 61.8 Å². The Balaban J connectivity index is 1.19. The summed E-state index contributed by atoms with van der Waals surface area (Å²) >= 11 is 0. The van der Waals surface area contributed by atoms with Crippen molar-refractivity contribution < 1.29 is 27.5 Å². The summed E-state index contributed by atoms with van der Waals surface area (Å²) < 4.78 is 37.8.